The van der Waals surface area contributed by atoms with E-state index in [0.29, 0.717) is 10.6 Å². The van der Waals surface area contributed by atoms with Gasteiger partial charge < -0.3 is 0 Å². The lowest BCUT2D eigenvalue weighted by Crippen LogP contribution is -2.25. The highest BCUT2D eigenvalue weighted by Gasteiger charge is 2.13. The number of Topliss-reactive ketones (excluding diaryl/α,β-unsaturated/α-hetero) is 1. The van der Waals surface area contributed by atoms with E-state index in [1.807, 2.05) is 19.9 Å². The number of carbonyl (C=O) groups excluding carboxylic acids is 1. The molecule has 2 aromatic rings. The third-order valence-electron chi connectivity index (χ3n) is 2.48. The zero-order chi connectivity index (χ0) is 13.3. The first-order chi connectivity index (χ1) is 8.47. The Hall–Kier alpha value is -1.46. The lowest BCUT2D eigenvalue weighted by atomic mass is 10.1. The Morgan fingerprint density at radius 1 is 1.50 bits per heavy atom. The molecule has 0 aromatic carbocycles. The number of rotatable bonds is 3. The minimum atomic E-state index is -0.475. The van der Waals surface area contributed by atoms with Gasteiger partial charge in [0.2, 0.25) is 0 Å². The maximum Gasteiger partial charge on any atom is 0.348 e. The number of carbonyl (C=O) groups is 1. The number of thiophene rings is 1. The Morgan fingerprint density at radius 3 is 2.83 bits per heavy atom. The summed E-state index contributed by atoms with van der Waals surface area (Å²) in [6.45, 7) is 3.80. The van der Waals surface area contributed by atoms with Gasteiger partial charge >= 0.3 is 5.69 Å². The molecular weight excluding hydrogens is 272 g/mol. The van der Waals surface area contributed by atoms with Crippen LogP contribution in [0.5, 0.6) is 0 Å². The third-order valence-corrected chi connectivity index (χ3v) is 3.64. The SMILES string of the molecule is Cc1cc(C(=O)Cn2cc(Cl)cnc2=O)c(C)s1. The number of hydrogen-bond acceptors (Lipinski definition) is 4. The summed E-state index contributed by atoms with van der Waals surface area (Å²) in [5, 5.41) is 0.334. The van der Waals surface area contributed by atoms with Crippen molar-refractivity contribution in [3.05, 3.63) is 49.3 Å². The van der Waals surface area contributed by atoms with Gasteiger partial charge in [0.1, 0.15) is 0 Å². The summed E-state index contributed by atoms with van der Waals surface area (Å²) in [5.74, 6) is -0.108. The van der Waals surface area contributed by atoms with Gasteiger partial charge in [0.05, 0.1) is 17.8 Å². The summed E-state index contributed by atoms with van der Waals surface area (Å²) < 4.78 is 1.22. The van der Waals surface area contributed by atoms with Crippen LogP contribution in [0.1, 0.15) is 20.1 Å². The van der Waals surface area contributed by atoms with Crippen LogP contribution in [0.15, 0.2) is 23.3 Å². The molecule has 0 fully saturated rings. The fourth-order valence-corrected chi connectivity index (χ4v) is 2.80. The van der Waals surface area contributed by atoms with Crippen LogP contribution in [0.3, 0.4) is 0 Å². The first-order valence-electron chi connectivity index (χ1n) is 5.29. The average molecular weight is 283 g/mol. The van der Waals surface area contributed by atoms with Crippen LogP contribution in [-0.2, 0) is 6.54 Å². The first-order valence-corrected chi connectivity index (χ1v) is 6.49. The van der Waals surface area contributed by atoms with Gasteiger partial charge in [-0.25, -0.2) is 9.78 Å². The minimum absolute atomic E-state index is 0.0383. The van der Waals surface area contributed by atoms with E-state index in [9.17, 15) is 9.59 Å². The zero-order valence-corrected chi connectivity index (χ0v) is 11.5. The van der Waals surface area contributed by atoms with Gasteiger partial charge in [-0.2, -0.15) is 0 Å². The molecule has 2 heterocycles. The van der Waals surface area contributed by atoms with Crippen molar-refractivity contribution >= 4 is 28.7 Å². The number of aromatic nitrogens is 2. The molecule has 4 nitrogen and oxygen atoms in total. The summed E-state index contributed by atoms with van der Waals surface area (Å²) in [4.78, 5) is 29.2. The van der Waals surface area contributed by atoms with Gasteiger partial charge in [-0.05, 0) is 19.9 Å². The molecule has 0 saturated carbocycles. The van der Waals surface area contributed by atoms with Crippen LogP contribution in [0, 0.1) is 13.8 Å². The monoisotopic (exact) mass is 282 g/mol. The fourth-order valence-electron chi connectivity index (χ4n) is 1.69. The van der Waals surface area contributed by atoms with Gasteiger partial charge in [0.25, 0.3) is 0 Å². The van der Waals surface area contributed by atoms with Crippen LogP contribution < -0.4 is 5.69 Å². The Balaban J connectivity index is 2.29. The quantitative estimate of drug-likeness (QED) is 0.813. The first kappa shape index (κ1) is 13.0. The molecule has 0 radical (unpaired) electrons. The van der Waals surface area contributed by atoms with E-state index < -0.39 is 5.69 Å². The van der Waals surface area contributed by atoms with E-state index in [4.69, 9.17) is 11.6 Å². The second kappa shape index (κ2) is 5.04. The fraction of sp³-hybridized carbons (Fsp3) is 0.250. The van der Waals surface area contributed by atoms with Gasteiger partial charge in [0.15, 0.2) is 5.78 Å². The van der Waals surface area contributed by atoms with E-state index in [0.717, 1.165) is 9.75 Å². The lowest BCUT2D eigenvalue weighted by Gasteiger charge is -2.04. The van der Waals surface area contributed by atoms with Gasteiger partial charge in [-0.3, -0.25) is 9.36 Å². The van der Waals surface area contributed by atoms with Crippen LogP contribution >= 0.6 is 22.9 Å². The van der Waals surface area contributed by atoms with Crippen LogP contribution in [0.4, 0.5) is 0 Å². The van der Waals surface area contributed by atoms with Crippen LogP contribution in [0.25, 0.3) is 0 Å². The molecule has 6 heteroatoms. The smallest absolute Gasteiger partial charge is 0.292 e. The third kappa shape index (κ3) is 2.68. The van der Waals surface area contributed by atoms with E-state index in [1.54, 1.807) is 11.3 Å². The van der Waals surface area contributed by atoms with Crippen molar-refractivity contribution in [2.45, 2.75) is 20.4 Å². The molecule has 0 atom stereocenters. The van der Waals surface area contributed by atoms with Crippen molar-refractivity contribution < 1.29 is 4.79 Å². The number of halogens is 1. The van der Waals surface area contributed by atoms with E-state index in [2.05, 4.69) is 4.98 Å². The van der Waals surface area contributed by atoms with Gasteiger partial charge in [0, 0.05) is 21.5 Å². The topological polar surface area (TPSA) is 52.0 Å². The molecule has 0 N–H and O–H groups in total. The predicted octanol–water partition coefficient (Wildman–Crippen LogP) is 2.46. The molecule has 2 aromatic heterocycles. The zero-order valence-electron chi connectivity index (χ0n) is 9.94. The Bertz CT molecular complexity index is 660. The van der Waals surface area contributed by atoms with E-state index in [-0.39, 0.29) is 12.3 Å². The Kier molecular flexibility index (Phi) is 3.63. The van der Waals surface area contributed by atoms with Crippen LogP contribution in [-0.4, -0.2) is 15.3 Å². The largest absolute Gasteiger partial charge is 0.348 e. The summed E-state index contributed by atoms with van der Waals surface area (Å²) >= 11 is 7.32. The summed E-state index contributed by atoms with van der Waals surface area (Å²) in [6, 6.07) is 1.84. The molecule has 0 bridgehead atoms. The van der Waals surface area contributed by atoms with Crippen molar-refractivity contribution in [3.63, 3.8) is 0 Å². The molecule has 18 heavy (non-hydrogen) atoms. The van der Waals surface area contributed by atoms with Crippen molar-refractivity contribution in [3.8, 4) is 0 Å². The summed E-state index contributed by atoms with van der Waals surface area (Å²) in [6.07, 6.45) is 2.69. The van der Waals surface area contributed by atoms with Crippen molar-refractivity contribution in [1.29, 1.82) is 0 Å². The molecule has 0 spiro atoms. The molecule has 0 aliphatic carbocycles. The molecule has 0 aliphatic heterocycles. The highest BCUT2D eigenvalue weighted by atomic mass is 35.5. The highest BCUT2D eigenvalue weighted by molar-refractivity contribution is 7.12. The van der Waals surface area contributed by atoms with Crippen molar-refractivity contribution in [1.82, 2.24) is 9.55 Å². The molecule has 0 saturated heterocycles. The second-order valence-corrected chi connectivity index (χ2v) is 5.83. The normalized spacial score (nSPS) is 10.6. The summed E-state index contributed by atoms with van der Waals surface area (Å²) in [5.41, 5.74) is 0.182. The maximum atomic E-state index is 12.1. The average Bonchev–Trinajstić information content (AvgIpc) is 2.63. The number of aryl methyl sites for hydroxylation is 2. The Labute approximate surface area is 113 Å². The van der Waals surface area contributed by atoms with E-state index >= 15 is 0 Å². The number of nitrogens with zero attached hydrogens (tertiary/aromatic N) is 2. The highest BCUT2D eigenvalue weighted by Crippen LogP contribution is 2.21. The van der Waals surface area contributed by atoms with Crippen molar-refractivity contribution in [2.24, 2.45) is 0 Å². The molecule has 2 rings (SSSR count). The molecular formula is C12H11ClN2O2S. The molecule has 94 valence electrons. The number of hydrogen-bond donors (Lipinski definition) is 0. The molecule has 0 unspecified atom stereocenters. The molecule has 0 aliphatic rings. The standard InChI is InChI=1S/C12H11ClN2O2S/c1-7-3-10(8(2)18-7)11(16)6-15-5-9(13)4-14-12(15)17/h3-5H,6H2,1-2H3. The maximum absolute atomic E-state index is 12.1. The van der Waals surface area contributed by atoms with Gasteiger partial charge in [-0.15, -0.1) is 11.3 Å². The number of ketones is 1. The minimum Gasteiger partial charge on any atom is -0.292 e. The van der Waals surface area contributed by atoms with Crippen molar-refractivity contribution in [2.75, 3.05) is 0 Å². The van der Waals surface area contributed by atoms with Crippen LogP contribution in [0.2, 0.25) is 5.02 Å². The Morgan fingerprint density at radius 2 is 2.22 bits per heavy atom. The predicted molar refractivity (Wildman–Crippen MR) is 71.6 cm³/mol. The lowest BCUT2D eigenvalue weighted by molar-refractivity contribution is 0.0970. The summed E-state index contributed by atoms with van der Waals surface area (Å²) in [7, 11) is 0. The second-order valence-electron chi connectivity index (χ2n) is 3.93. The van der Waals surface area contributed by atoms with Gasteiger partial charge in [-0.1, -0.05) is 11.6 Å². The molecule has 0 amide bonds. The van der Waals surface area contributed by atoms with E-state index in [1.165, 1.54) is 17.0 Å².